The van der Waals surface area contributed by atoms with Gasteiger partial charge in [-0.1, -0.05) is 0 Å². The van der Waals surface area contributed by atoms with Gasteiger partial charge in [-0.2, -0.15) is 0 Å². The number of piperidine rings is 1. The van der Waals surface area contributed by atoms with Gasteiger partial charge in [-0.15, -0.1) is 0 Å². The highest BCUT2D eigenvalue weighted by molar-refractivity contribution is 5.00. The van der Waals surface area contributed by atoms with Crippen molar-refractivity contribution >= 4 is 0 Å². The van der Waals surface area contributed by atoms with Crippen LogP contribution in [-0.2, 0) is 0 Å². The highest BCUT2D eigenvalue weighted by atomic mass is 14.9. The Labute approximate surface area is 62.2 Å². The summed E-state index contributed by atoms with van der Waals surface area (Å²) >= 11 is 0. The molecular formula is C8H16N2. The summed E-state index contributed by atoms with van der Waals surface area (Å²) < 4.78 is 0. The molecule has 58 valence electrons. The third-order valence-corrected chi connectivity index (χ3v) is 2.92. The summed E-state index contributed by atoms with van der Waals surface area (Å²) in [5.74, 6) is 0.870. The molecule has 0 aromatic rings. The van der Waals surface area contributed by atoms with Crippen molar-refractivity contribution in [1.82, 2.24) is 5.32 Å². The van der Waals surface area contributed by atoms with Crippen molar-refractivity contribution in [3.8, 4) is 0 Å². The molecule has 2 aliphatic rings. The van der Waals surface area contributed by atoms with Gasteiger partial charge in [0.05, 0.1) is 0 Å². The largest absolute Gasteiger partial charge is 0.325 e. The Morgan fingerprint density at radius 1 is 1.20 bits per heavy atom. The third-order valence-electron chi connectivity index (χ3n) is 2.92. The summed E-state index contributed by atoms with van der Waals surface area (Å²) in [7, 11) is 0. The average molecular weight is 140 g/mol. The van der Waals surface area contributed by atoms with E-state index in [0.717, 1.165) is 19.0 Å². The molecular weight excluding hydrogens is 124 g/mol. The summed E-state index contributed by atoms with van der Waals surface area (Å²) in [6.07, 6.45) is 5.16. The number of nitrogens with one attached hydrogen (secondary N) is 1. The van der Waals surface area contributed by atoms with Gasteiger partial charge >= 0.3 is 0 Å². The van der Waals surface area contributed by atoms with E-state index >= 15 is 0 Å². The fourth-order valence-electron chi connectivity index (χ4n) is 1.96. The van der Waals surface area contributed by atoms with Gasteiger partial charge in [0.15, 0.2) is 0 Å². The lowest BCUT2D eigenvalue weighted by molar-refractivity contribution is 0.274. The van der Waals surface area contributed by atoms with Gasteiger partial charge in [0.25, 0.3) is 0 Å². The van der Waals surface area contributed by atoms with E-state index in [4.69, 9.17) is 5.73 Å². The minimum Gasteiger partial charge on any atom is -0.325 e. The predicted molar refractivity (Wildman–Crippen MR) is 41.7 cm³/mol. The Kier molecular flexibility index (Phi) is 1.46. The highest BCUT2D eigenvalue weighted by Gasteiger charge is 2.42. The van der Waals surface area contributed by atoms with Crippen LogP contribution in [0.5, 0.6) is 0 Å². The molecule has 0 aromatic heterocycles. The Bertz CT molecular complexity index is 123. The SMILES string of the molecule is NC1(C2CC2)CCNCC1. The second kappa shape index (κ2) is 2.21. The van der Waals surface area contributed by atoms with Crippen LogP contribution in [0.1, 0.15) is 25.7 Å². The van der Waals surface area contributed by atoms with Gasteiger partial charge in [0.2, 0.25) is 0 Å². The Morgan fingerprint density at radius 3 is 2.30 bits per heavy atom. The van der Waals surface area contributed by atoms with Crippen LogP contribution in [0.25, 0.3) is 0 Å². The number of rotatable bonds is 1. The molecule has 1 aliphatic carbocycles. The van der Waals surface area contributed by atoms with Crippen LogP contribution < -0.4 is 11.1 Å². The molecule has 10 heavy (non-hydrogen) atoms. The van der Waals surface area contributed by atoms with Gasteiger partial charge in [0.1, 0.15) is 0 Å². The molecule has 1 saturated carbocycles. The van der Waals surface area contributed by atoms with E-state index in [2.05, 4.69) is 5.32 Å². The first kappa shape index (κ1) is 6.62. The zero-order valence-electron chi connectivity index (χ0n) is 6.40. The lowest BCUT2D eigenvalue weighted by Gasteiger charge is -2.34. The van der Waals surface area contributed by atoms with Crippen LogP contribution in [0.4, 0.5) is 0 Å². The minimum atomic E-state index is 0.227. The molecule has 3 N–H and O–H groups in total. The molecule has 0 amide bonds. The van der Waals surface area contributed by atoms with Crippen molar-refractivity contribution in [2.75, 3.05) is 13.1 Å². The summed E-state index contributed by atoms with van der Waals surface area (Å²) in [5, 5.41) is 3.34. The molecule has 0 radical (unpaired) electrons. The molecule has 0 atom stereocenters. The van der Waals surface area contributed by atoms with E-state index in [9.17, 15) is 0 Å². The van der Waals surface area contributed by atoms with Gasteiger partial charge in [-0.05, 0) is 44.7 Å². The Balaban J connectivity index is 1.97. The van der Waals surface area contributed by atoms with Crippen LogP contribution >= 0.6 is 0 Å². The average Bonchev–Trinajstić information content (AvgIpc) is 2.69. The molecule has 1 aliphatic heterocycles. The first-order chi connectivity index (χ1) is 4.81. The maximum Gasteiger partial charge on any atom is 0.0207 e. The van der Waals surface area contributed by atoms with Crippen molar-refractivity contribution in [2.24, 2.45) is 11.7 Å². The van der Waals surface area contributed by atoms with Crippen molar-refractivity contribution in [3.05, 3.63) is 0 Å². The lowest BCUT2D eigenvalue weighted by Crippen LogP contribution is -2.50. The zero-order valence-corrected chi connectivity index (χ0v) is 6.40. The maximum absolute atomic E-state index is 6.22. The van der Waals surface area contributed by atoms with Crippen molar-refractivity contribution in [1.29, 1.82) is 0 Å². The quantitative estimate of drug-likeness (QED) is 0.556. The van der Waals surface area contributed by atoms with Crippen molar-refractivity contribution in [2.45, 2.75) is 31.2 Å². The molecule has 2 rings (SSSR count). The summed E-state index contributed by atoms with van der Waals surface area (Å²) in [4.78, 5) is 0. The molecule has 0 bridgehead atoms. The van der Waals surface area contributed by atoms with Gasteiger partial charge in [-0.3, -0.25) is 0 Å². The van der Waals surface area contributed by atoms with Crippen LogP contribution in [0.15, 0.2) is 0 Å². The van der Waals surface area contributed by atoms with Gasteiger partial charge in [0, 0.05) is 5.54 Å². The molecule has 0 spiro atoms. The Morgan fingerprint density at radius 2 is 1.80 bits per heavy atom. The molecule has 1 saturated heterocycles. The van der Waals surface area contributed by atoms with Crippen molar-refractivity contribution in [3.63, 3.8) is 0 Å². The molecule has 1 heterocycles. The number of hydrogen-bond acceptors (Lipinski definition) is 2. The standard InChI is InChI=1S/C8H16N2/c9-8(7-1-2-7)3-5-10-6-4-8/h7,10H,1-6,9H2. The fourth-order valence-corrected chi connectivity index (χ4v) is 1.96. The molecule has 2 heteroatoms. The van der Waals surface area contributed by atoms with Crippen LogP contribution in [-0.4, -0.2) is 18.6 Å². The van der Waals surface area contributed by atoms with E-state index in [1.54, 1.807) is 0 Å². The molecule has 0 aromatic carbocycles. The first-order valence-electron chi connectivity index (χ1n) is 4.31. The normalized spacial score (nSPS) is 32.1. The summed E-state index contributed by atoms with van der Waals surface area (Å²) in [6, 6.07) is 0. The fraction of sp³-hybridized carbons (Fsp3) is 1.00. The smallest absolute Gasteiger partial charge is 0.0207 e. The van der Waals surface area contributed by atoms with Gasteiger partial charge in [-0.25, -0.2) is 0 Å². The van der Waals surface area contributed by atoms with Crippen molar-refractivity contribution < 1.29 is 0 Å². The molecule has 2 fully saturated rings. The second-order valence-electron chi connectivity index (χ2n) is 3.76. The topological polar surface area (TPSA) is 38.0 Å². The second-order valence-corrected chi connectivity index (χ2v) is 3.76. The Hall–Kier alpha value is -0.0800. The zero-order chi connectivity index (χ0) is 7.03. The number of hydrogen-bond donors (Lipinski definition) is 2. The first-order valence-corrected chi connectivity index (χ1v) is 4.31. The van der Waals surface area contributed by atoms with Crippen LogP contribution in [0, 0.1) is 5.92 Å². The third kappa shape index (κ3) is 1.06. The van der Waals surface area contributed by atoms with E-state index < -0.39 is 0 Å². The monoisotopic (exact) mass is 140 g/mol. The van der Waals surface area contributed by atoms with E-state index in [-0.39, 0.29) is 5.54 Å². The molecule has 2 nitrogen and oxygen atoms in total. The number of nitrogens with two attached hydrogens (primary N) is 1. The minimum absolute atomic E-state index is 0.227. The maximum atomic E-state index is 6.22. The summed E-state index contributed by atoms with van der Waals surface area (Å²) in [5.41, 5.74) is 6.45. The highest BCUT2D eigenvalue weighted by Crippen LogP contribution is 2.42. The summed E-state index contributed by atoms with van der Waals surface area (Å²) in [6.45, 7) is 2.26. The predicted octanol–water partition coefficient (Wildman–Crippen LogP) is 0.477. The lowest BCUT2D eigenvalue weighted by atomic mass is 9.85. The molecule has 0 unspecified atom stereocenters. The van der Waals surface area contributed by atoms with E-state index in [0.29, 0.717) is 0 Å². The van der Waals surface area contributed by atoms with Crippen LogP contribution in [0.3, 0.4) is 0 Å². The van der Waals surface area contributed by atoms with Crippen LogP contribution in [0.2, 0.25) is 0 Å². The van der Waals surface area contributed by atoms with Gasteiger partial charge < -0.3 is 11.1 Å². The van der Waals surface area contributed by atoms with E-state index in [1.807, 2.05) is 0 Å². The van der Waals surface area contributed by atoms with E-state index in [1.165, 1.54) is 25.7 Å².